The molecule has 5 heteroatoms. The highest BCUT2D eigenvalue weighted by Crippen LogP contribution is 2.24. The molecule has 0 saturated heterocycles. The number of rotatable bonds is 6. The normalized spacial score (nSPS) is 11.5. The van der Waals surface area contributed by atoms with Gasteiger partial charge in [-0.05, 0) is 54.8 Å². The number of nitrogens with one attached hydrogen (secondary N) is 1. The molecule has 0 aliphatic rings. The van der Waals surface area contributed by atoms with Gasteiger partial charge < -0.3 is 10.1 Å². The van der Waals surface area contributed by atoms with Crippen molar-refractivity contribution in [2.45, 2.75) is 20.3 Å². The lowest BCUT2D eigenvalue weighted by molar-refractivity contribution is -0.138. The van der Waals surface area contributed by atoms with Crippen LogP contribution in [0.1, 0.15) is 28.4 Å². The summed E-state index contributed by atoms with van der Waals surface area (Å²) in [5.74, 6) is -0.288. The van der Waals surface area contributed by atoms with Crippen molar-refractivity contribution in [2.75, 3.05) is 5.32 Å². The summed E-state index contributed by atoms with van der Waals surface area (Å²) in [6.07, 6.45) is 3.74. The van der Waals surface area contributed by atoms with Crippen LogP contribution in [0.4, 0.5) is 5.69 Å². The largest absolute Gasteiger partial charge is 0.426 e. The Balaban J connectivity index is 1.62. The third-order valence-corrected chi connectivity index (χ3v) is 4.35. The Morgan fingerprint density at radius 1 is 1.07 bits per heavy atom. The summed E-state index contributed by atoms with van der Waals surface area (Å²) in [4.78, 5) is 28.6. The number of hydrogen-bond acceptors (Lipinski definition) is 4. The number of aryl methyl sites for hydroxylation is 1. The lowest BCUT2D eigenvalue weighted by atomic mass is 10.0. The number of carbonyl (C=O) groups excluding carboxylic acids is 2. The smallest absolute Gasteiger partial charge is 0.314 e. The SMILES string of the molecule is Cc1cc(NC(=O)c2cccnc2)ccc1OC(=O)[C@@H](C)Cc1ccccc1. The lowest BCUT2D eigenvalue weighted by Gasteiger charge is -2.14. The van der Waals surface area contributed by atoms with E-state index in [1.54, 1.807) is 36.5 Å². The zero-order valence-corrected chi connectivity index (χ0v) is 15.9. The number of anilines is 1. The number of hydrogen-bond donors (Lipinski definition) is 1. The molecule has 28 heavy (non-hydrogen) atoms. The minimum atomic E-state index is -0.279. The maximum Gasteiger partial charge on any atom is 0.314 e. The van der Waals surface area contributed by atoms with Gasteiger partial charge in [-0.25, -0.2) is 0 Å². The molecule has 1 aromatic heterocycles. The Morgan fingerprint density at radius 2 is 1.86 bits per heavy atom. The Hall–Kier alpha value is -3.47. The molecule has 0 aliphatic carbocycles. The van der Waals surface area contributed by atoms with Crippen LogP contribution in [0.3, 0.4) is 0 Å². The minimum Gasteiger partial charge on any atom is -0.426 e. The first kappa shape index (κ1) is 19.3. The molecule has 1 heterocycles. The zero-order chi connectivity index (χ0) is 19.9. The van der Waals surface area contributed by atoms with Crippen molar-refractivity contribution >= 4 is 17.6 Å². The summed E-state index contributed by atoms with van der Waals surface area (Å²) in [6.45, 7) is 3.69. The highest BCUT2D eigenvalue weighted by Gasteiger charge is 2.17. The van der Waals surface area contributed by atoms with Crippen molar-refractivity contribution in [3.63, 3.8) is 0 Å². The molecule has 142 valence electrons. The molecule has 1 amide bonds. The van der Waals surface area contributed by atoms with Crippen molar-refractivity contribution in [1.29, 1.82) is 0 Å². The predicted molar refractivity (Wildman–Crippen MR) is 108 cm³/mol. The molecule has 2 aromatic carbocycles. The van der Waals surface area contributed by atoms with E-state index >= 15 is 0 Å². The summed E-state index contributed by atoms with van der Waals surface area (Å²) in [5, 5.41) is 2.82. The van der Waals surface area contributed by atoms with Crippen LogP contribution >= 0.6 is 0 Å². The van der Waals surface area contributed by atoms with E-state index in [2.05, 4.69) is 10.3 Å². The van der Waals surface area contributed by atoms with Crippen LogP contribution in [-0.2, 0) is 11.2 Å². The molecule has 0 spiro atoms. The molecular formula is C23H22N2O3. The maximum atomic E-state index is 12.4. The summed E-state index contributed by atoms with van der Waals surface area (Å²) < 4.78 is 5.56. The van der Waals surface area contributed by atoms with Gasteiger partial charge in [0.25, 0.3) is 5.91 Å². The molecule has 3 aromatic rings. The summed E-state index contributed by atoms with van der Waals surface area (Å²) >= 11 is 0. The highest BCUT2D eigenvalue weighted by molar-refractivity contribution is 6.04. The molecule has 0 radical (unpaired) electrons. The summed E-state index contributed by atoms with van der Waals surface area (Å²) in [7, 11) is 0. The van der Waals surface area contributed by atoms with Gasteiger partial charge >= 0.3 is 5.97 Å². The van der Waals surface area contributed by atoms with Crippen LogP contribution in [0.5, 0.6) is 5.75 Å². The van der Waals surface area contributed by atoms with Crippen LogP contribution < -0.4 is 10.1 Å². The number of pyridine rings is 1. The quantitative estimate of drug-likeness (QED) is 0.512. The standard InChI is InChI=1S/C23H22N2O3/c1-16-14-20(25-22(26)19-9-6-12-24-15-19)10-11-21(16)28-23(27)17(2)13-18-7-4-3-5-8-18/h3-12,14-15,17H,13H2,1-2H3,(H,25,26)/t17-/m0/s1. The van der Waals surface area contributed by atoms with Crippen molar-refractivity contribution in [1.82, 2.24) is 4.98 Å². The van der Waals surface area contributed by atoms with Crippen LogP contribution in [-0.4, -0.2) is 16.9 Å². The van der Waals surface area contributed by atoms with Gasteiger partial charge in [0.05, 0.1) is 11.5 Å². The monoisotopic (exact) mass is 374 g/mol. The van der Waals surface area contributed by atoms with Gasteiger partial charge in [-0.1, -0.05) is 37.3 Å². The molecule has 0 aliphatic heterocycles. The van der Waals surface area contributed by atoms with E-state index < -0.39 is 0 Å². The van der Waals surface area contributed by atoms with Crippen molar-refractivity contribution in [3.05, 3.63) is 89.7 Å². The molecular weight excluding hydrogens is 352 g/mol. The lowest BCUT2D eigenvalue weighted by Crippen LogP contribution is -2.20. The Morgan fingerprint density at radius 3 is 2.54 bits per heavy atom. The van der Waals surface area contributed by atoms with E-state index in [0.717, 1.165) is 11.1 Å². The number of aromatic nitrogens is 1. The van der Waals surface area contributed by atoms with E-state index in [4.69, 9.17) is 4.74 Å². The van der Waals surface area contributed by atoms with E-state index in [-0.39, 0.29) is 17.8 Å². The second-order valence-corrected chi connectivity index (χ2v) is 6.69. The van der Waals surface area contributed by atoms with E-state index in [0.29, 0.717) is 23.4 Å². The molecule has 0 bridgehead atoms. The Labute approximate surface area is 164 Å². The molecule has 0 fully saturated rings. The first-order valence-corrected chi connectivity index (χ1v) is 9.10. The molecule has 0 unspecified atom stereocenters. The van der Waals surface area contributed by atoms with E-state index in [1.807, 2.05) is 44.2 Å². The highest BCUT2D eigenvalue weighted by atomic mass is 16.5. The third kappa shape index (κ3) is 5.04. The zero-order valence-electron chi connectivity index (χ0n) is 15.9. The second-order valence-electron chi connectivity index (χ2n) is 6.69. The summed E-state index contributed by atoms with van der Waals surface area (Å²) in [6, 6.07) is 18.4. The molecule has 1 N–H and O–H groups in total. The van der Waals surface area contributed by atoms with Gasteiger partial charge in [0.1, 0.15) is 5.75 Å². The maximum absolute atomic E-state index is 12.4. The Kier molecular flexibility index (Phi) is 6.17. The van der Waals surface area contributed by atoms with Gasteiger partial charge in [0, 0.05) is 18.1 Å². The molecule has 5 nitrogen and oxygen atoms in total. The number of nitrogens with zero attached hydrogens (tertiary/aromatic N) is 1. The van der Waals surface area contributed by atoms with Crippen molar-refractivity contribution < 1.29 is 14.3 Å². The van der Waals surface area contributed by atoms with Crippen LogP contribution in [0, 0.1) is 12.8 Å². The number of benzene rings is 2. The van der Waals surface area contributed by atoms with Crippen LogP contribution in [0.15, 0.2) is 73.1 Å². The van der Waals surface area contributed by atoms with Crippen LogP contribution in [0.2, 0.25) is 0 Å². The first-order valence-electron chi connectivity index (χ1n) is 9.10. The van der Waals surface area contributed by atoms with Gasteiger partial charge in [0.2, 0.25) is 0 Å². The van der Waals surface area contributed by atoms with Gasteiger partial charge in [-0.15, -0.1) is 0 Å². The van der Waals surface area contributed by atoms with Gasteiger partial charge in [0.15, 0.2) is 0 Å². The third-order valence-electron chi connectivity index (χ3n) is 4.35. The fourth-order valence-electron chi connectivity index (χ4n) is 2.80. The number of esters is 1. The topological polar surface area (TPSA) is 68.3 Å². The average molecular weight is 374 g/mol. The van der Waals surface area contributed by atoms with E-state index in [1.165, 1.54) is 6.20 Å². The first-order chi connectivity index (χ1) is 13.5. The van der Waals surface area contributed by atoms with Gasteiger partial charge in [-0.2, -0.15) is 0 Å². The van der Waals surface area contributed by atoms with Crippen LogP contribution in [0.25, 0.3) is 0 Å². The van der Waals surface area contributed by atoms with E-state index in [9.17, 15) is 9.59 Å². The average Bonchev–Trinajstić information content (AvgIpc) is 2.71. The predicted octanol–water partition coefficient (Wildman–Crippen LogP) is 4.43. The molecule has 3 rings (SSSR count). The number of carbonyl (C=O) groups is 2. The number of amides is 1. The fourth-order valence-corrected chi connectivity index (χ4v) is 2.80. The Bertz CT molecular complexity index is 956. The van der Waals surface area contributed by atoms with Gasteiger partial charge in [-0.3, -0.25) is 14.6 Å². The molecule has 0 saturated carbocycles. The minimum absolute atomic E-state index is 0.242. The number of ether oxygens (including phenoxy) is 1. The van der Waals surface area contributed by atoms with Crippen molar-refractivity contribution in [2.24, 2.45) is 5.92 Å². The second kappa shape index (κ2) is 8.95. The summed E-state index contributed by atoms with van der Waals surface area (Å²) in [5.41, 5.74) is 2.97. The molecule has 1 atom stereocenters. The fraction of sp³-hybridized carbons (Fsp3) is 0.174. The van der Waals surface area contributed by atoms with Crippen molar-refractivity contribution in [3.8, 4) is 5.75 Å².